The summed E-state index contributed by atoms with van der Waals surface area (Å²) >= 11 is 0. The quantitative estimate of drug-likeness (QED) is 0.719. The summed E-state index contributed by atoms with van der Waals surface area (Å²) in [7, 11) is 3.92. The molecule has 2 aliphatic rings. The van der Waals surface area contributed by atoms with Crippen LogP contribution in [0.25, 0.3) is 0 Å². The van der Waals surface area contributed by atoms with E-state index >= 15 is 0 Å². The monoisotopic (exact) mass is 403 g/mol. The van der Waals surface area contributed by atoms with Crippen LogP contribution in [0.15, 0.2) is 24.3 Å². The fourth-order valence-electron chi connectivity index (χ4n) is 3.58. The number of hydrogen-bond donors (Lipinski definition) is 2. The Kier molecular flexibility index (Phi) is 5.49. The Hall–Kier alpha value is -2.92. The molecule has 11 heteroatoms. The molecule has 0 saturated carbocycles. The predicted octanol–water partition coefficient (Wildman–Crippen LogP) is 0.558. The minimum Gasteiger partial charge on any atom is -0.423 e. The molecule has 0 aliphatic carbocycles. The molecule has 156 valence electrons. The molecule has 1 aromatic carbocycles. The van der Waals surface area contributed by atoms with E-state index in [0.29, 0.717) is 25.5 Å². The minimum atomic E-state index is -0.277. The van der Waals surface area contributed by atoms with Gasteiger partial charge in [0.05, 0.1) is 19.3 Å². The number of fused-ring (bicyclic) bond motifs is 1. The van der Waals surface area contributed by atoms with Gasteiger partial charge in [-0.3, -0.25) is 0 Å². The molecule has 11 nitrogen and oxygen atoms in total. The van der Waals surface area contributed by atoms with Crippen LogP contribution >= 0.6 is 0 Å². The zero-order valence-electron chi connectivity index (χ0n) is 16.6. The van der Waals surface area contributed by atoms with Crippen LogP contribution in [0.3, 0.4) is 0 Å². The maximum atomic E-state index is 11.8. The van der Waals surface area contributed by atoms with E-state index in [4.69, 9.17) is 14.2 Å². The van der Waals surface area contributed by atoms with E-state index in [2.05, 4.69) is 26.2 Å². The van der Waals surface area contributed by atoms with Gasteiger partial charge in [0.1, 0.15) is 24.0 Å². The number of urea groups is 1. The minimum absolute atomic E-state index is 0.228. The number of anilines is 1. The van der Waals surface area contributed by atoms with Crippen LogP contribution in [-0.2, 0) is 9.47 Å². The molecule has 2 aromatic rings. The number of carbonyl (C=O) groups excluding carboxylic acids is 1. The molecular weight excluding hydrogens is 378 g/mol. The first-order valence-corrected chi connectivity index (χ1v) is 9.57. The number of benzene rings is 1. The summed E-state index contributed by atoms with van der Waals surface area (Å²) in [6.07, 6.45) is -0.544. The Labute approximate surface area is 168 Å². The lowest BCUT2D eigenvalue weighted by Gasteiger charge is -2.18. The molecule has 2 N–H and O–H groups in total. The van der Waals surface area contributed by atoms with Crippen molar-refractivity contribution in [1.29, 1.82) is 0 Å². The van der Waals surface area contributed by atoms with Crippen molar-refractivity contribution >= 4 is 11.7 Å². The third-order valence-electron chi connectivity index (χ3n) is 5.00. The first-order chi connectivity index (χ1) is 14.1. The van der Waals surface area contributed by atoms with E-state index in [9.17, 15) is 4.79 Å². The van der Waals surface area contributed by atoms with E-state index in [0.717, 1.165) is 5.69 Å². The molecule has 4 rings (SSSR count). The van der Waals surface area contributed by atoms with E-state index in [-0.39, 0.29) is 36.3 Å². The Morgan fingerprint density at radius 1 is 1.31 bits per heavy atom. The van der Waals surface area contributed by atoms with Crippen LogP contribution in [0.1, 0.15) is 13.0 Å². The van der Waals surface area contributed by atoms with Crippen LogP contribution in [0.2, 0.25) is 0 Å². The number of carbonyl (C=O) groups is 1. The first-order valence-electron chi connectivity index (χ1n) is 9.57. The molecule has 0 radical (unpaired) electrons. The number of nitrogens with zero attached hydrogens (tertiary/aromatic N) is 5. The molecule has 3 heterocycles. The van der Waals surface area contributed by atoms with E-state index in [1.807, 2.05) is 50.2 Å². The van der Waals surface area contributed by atoms with Gasteiger partial charge in [-0.2, -0.15) is 4.68 Å². The van der Waals surface area contributed by atoms with Crippen molar-refractivity contribution in [1.82, 2.24) is 30.8 Å². The van der Waals surface area contributed by atoms with Crippen molar-refractivity contribution in [3.8, 4) is 11.8 Å². The summed E-state index contributed by atoms with van der Waals surface area (Å²) < 4.78 is 19.3. The molecule has 2 fully saturated rings. The van der Waals surface area contributed by atoms with Gasteiger partial charge in [0.25, 0.3) is 0 Å². The number of ether oxygens (including phenoxy) is 3. The lowest BCUT2D eigenvalue weighted by molar-refractivity contribution is 0.0613. The third kappa shape index (κ3) is 3.96. The second kappa shape index (κ2) is 8.21. The number of rotatable bonds is 6. The lowest BCUT2D eigenvalue weighted by atomic mass is 10.1. The second-order valence-electron chi connectivity index (χ2n) is 7.17. The topological polar surface area (TPSA) is 116 Å². The maximum absolute atomic E-state index is 11.8. The Balaban J connectivity index is 1.47. The standard InChI is InChI=1S/C18H25N7O4/c1-4-19-17(26)20-13-9-27-16-14(10-28-15(13)16)25-18(21-22-23-25)29-12-7-5-6-11(8-12)24(2)3/h5-8,13-16H,4,9-10H2,1-3H3,(H2,19,20,26). The summed E-state index contributed by atoms with van der Waals surface area (Å²) in [5.74, 6) is 0.630. The largest absolute Gasteiger partial charge is 0.423 e. The van der Waals surface area contributed by atoms with Gasteiger partial charge in [-0.15, -0.1) is 0 Å². The second-order valence-corrected chi connectivity index (χ2v) is 7.17. The number of nitrogens with one attached hydrogen (secondary N) is 2. The molecular formula is C18H25N7O4. The summed E-state index contributed by atoms with van der Waals surface area (Å²) in [6.45, 7) is 3.15. The highest BCUT2D eigenvalue weighted by Crippen LogP contribution is 2.36. The van der Waals surface area contributed by atoms with Gasteiger partial charge < -0.3 is 29.7 Å². The van der Waals surface area contributed by atoms with Crippen molar-refractivity contribution in [2.24, 2.45) is 0 Å². The normalized spacial score (nSPS) is 25.5. The van der Waals surface area contributed by atoms with Gasteiger partial charge in [0.15, 0.2) is 0 Å². The Bertz CT molecular complexity index is 858. The third-order valence-corrected chi connectivity index (χ3v) is 5.00. The Morgan fingerprint density at radius 3 is 2.93 bits per heavy atom. The number of aromatic nitrogens is 4. The van der Waals surface area contributed by atoms with Gasteiger partial charge in [-0.05, 0) is 29.5 Å². The summed E-state index contributed by atoms with van der Waals surface area (Å²) in [5, 5.41) is 17.5. The highest BCUT2D eigenvalue weighted by Gasteiger charge is 2.50. The highest BCUT2D eigenvalue weighted by molar-refractivity contribution is 5.74. The molecule has 4 unspecified atom stereocenters. The van der Waals surface area contributed by atoms with Crippen LogP contribution in [0.5, 0.6) is 11.8 Å². The van der Waals surface area contributed by atoms with Crippen molar-refractivity contribution in [3.05, 3.63) is 24.3 Å². The Morgan fingerprint density at radius 2 is 2.14 bits per heavy atom. The number of hydrogen-bond acceptors (Lipinski definition) is 8. The van der Waals surface area contributed by atoms with Crippen LogP contribution in [0.4, 0.5) is 10.5 Å². The van der Waals surface area contributed by atoms with Crippen molar-refractivity contribution in [2.75, 3.05) is 38.8 Å². The van der Waals surface area contributed by atoms with Gasteiger partial charge in [0, 0.05) is 32.4 Å². The van der Waals surface area contributed by atoms with Crippen LogP contribution in [-0.4, -0.2) is 78.3 Å². The zero-order chi connectivity index (χ0) is 20.4. The molecule has 0 bridgehead atoms. The molecule has 2 aliphatic heterocycles. The van der Waals surface area contributed by atoms with Crippen LogP contribution in [0, 0.1) is 0 Å². The van der Waals surface area contributed by atoms with Gasteiger partial charge >= 0.3 is 12.0 Å². The average molecular weight is 403 g/mol. The fraction of sp³-hybridized carbons (Fsp3) is 0.556. The first kappa shape index (κ1) is 19.4. The molecule has 2 saturated heterocycles. The van der Waals surface area contributed by atoms with E-state index in [1.54, 1.807) is 4.68 Å². The van der Waals surface area contributed by atoms with Crippen molar-refractivity contribution in [2.45, 2.75) is 31.2 Å². The molecule has 2 amide bonds. The predicted molar refractivity (Wildman–Crippen MR) is 103 cm³/mol. The number of tetrazole rings is 1. The smallest absolute Gasteiger partial charge is 0.341 e. The molecule has 0 spiro atoms. The van der Waals surface area contributed by atoms with Gasteiger partial charge in [0.2, 0.25) is 0 Å². The summed E-state index contributed by atoms with van der Waals surface area (Å²) in [5.41, 5.74) is 1.00. The lowest BCUT2D eigenvalue weighted by Crippen LogP contribution is -2.48. The number of amides is 2. The zero-order valence-corrected chi connectivity index (χ0v) is 16.6. The average Bonchev–Trinajstić information content (AvgIpc) is 3.40. The van der Waals surface area contributed by atoms with Gasteiger partial charge in [-0.25, -0.2) is 4.79 Å². The highest BCUT2D eigenvalue weighted by atomic mass is 16.6. The fourth-order valence-corrected chi connectivity index (χ4v) is 3.58. The summed E-state index contributed by atoms with van der Waals surface area (Å²) in [4.78, 5) is 13.8. The maximum Gasteiger partial charge on any atom is 0.341 e. The van der Waals surface area contributed by atoms with Gasteiger partial charge in [-0.1, -0.05) is 11.2 Å². The molecule has 29 heavy (non-hydrogen) atoms. The SMILES string of the molecule is CCNC(=O)NC1COC2C1OCC2n1nnnc1Oc1cccc(N(C)C)c1. The van der Waals surface area contributed by atoms with Crippen molar-refractivity contribution < 1.29 is 19.0 Å². The van der Waals surface area contributed by atoms with E-state index < -0.39 is 0 Å². The summed E-state index contributed by atoms with van der Waals surface area (Å²) in [6, 6.07) is 7.20. The van der Waals surface area contributed by atoms with Crippen LogP contribution < -0.4 is 20.3 Å². The van der Waals surface area contributed by atoms with Crippen molar-refractivity contribution in [3.63, 3.8) is 0 Å². The van der Waals surface area contributed by atoms with E-state index in [1.165, 1.54) is 0 Å². The molecule has 1 aromatic heterocycles. The molecule has 4 atom stereocenters.